The van der Waals surface area contributed by atoms with E-state index in [2.05, 4.69) is 0 Å². The predicted molar refractivity (Wildman–Crippen MR) is 116 cm³/mol. The first-order chi connectivity index (χ1) is 14.2. The van der Waals surface area contributed by atoms with Crippen LogP contribution in [0, 0.1) is 0 Å². The molecule has 4 aromatic rings. The predicted octanol–water partition coefficient (Wildman–Crippen LogP) is 5.88. The number of carbonyl (C=O) groups is 2. The minimum Gasteiger partial charge on any atom is -0.269 e. The Balaban J connectivity index is 1.83. The maximum Gasteiger partial charge on any atom is 0.261 e. The molecule has 0 heterocycles. The van der Waals surface area contributed by atoms with Crippen LogP contribution in [-0.2, 0) is 0 Å². The smallest absolute Gasteiger partial charge is 0.261 e. The molecule has 0 aliphatic heterocycles. The van der Waals surface area contributed by atoms with Crippen LogP contribution in [0.15, 0.2) is 103 Å². The van der Waals surface area contributed by atoms with Crippen LogP contribution in [0.25, 0.3) is 10.8 Å². The van der Waals surface area contributed by atoms with Crippen LogP contribution in [0.1, 0.15) is 39.2 Å². The number of carbonyl (C=O) groups excluding carboxylic acids is 2. The van der Waals surface area contributed by atoms with Gasteiger partial charge in [-0.2, -0.15) is 0 Å². The van der Waals surface area contributed by atoms with Crippen molar-refractivity contribution in [3.8, 4) is 0 Å². The molecule has 0 N–H and O–H groups in total. The minimum atomic E-state index is -0.429. The van der Waals surface area contributed by atoms with Crippen molar-refractivity contribution in [2.75, 3.05) is 0 Å². The number of fused-ring (bicyclic) bond motifs is 1. The number of benzene rings is 4. The van der Waals surface area contributed by atoms with Crippen molar-refractivity contribution < 1.29 is 9.59 Å². The zero-order chi connectivity index (χ0) is 20.2. The van der Waals surface area contributed by atoms with Crippen LogP contribution in [-0.4, -0.2) is 16.7 Å². The summed E-state index contributed by atoms with van der Waals surface area (Å²) >= 11 is 0. The molecule has 0 saturated heterocycles. The largest absolute Gasteiger partial charge is 0.269 e. The number of amides is 2. The molecule has 0 fully saturated rings. The van der Waals surface area contributed by atoms with Gasteiger partial charge in [-0.1, -0.05) is 78.9 Å². The van der Waals surface area contributed by atoms with Gasteiger partial charge in [-0.3, -0.25) is 14.5 Å². The van der Waals surface area contributed by atoms with E-state index >= 15 is 0 Å². The third kappa shape index (κ3) is 3.67. The van der Waals surface area contributed by atoms with E-state index in [1.165, 1.54) is 4.90 Å². The Hall–Kier alpha value is -3.72. The lowest BCUT2D eigenvalue weighted by atomic mass is 9.97. The summed E-state index contributed by atoms with van der Waals surface area (Å²) in [6.45, 7) is 1.91. The topological polar surface area (TPSA) is 37.4 Å². The highest BCUT2D eigenvalue weighted by Gasteiger charge is 2.30. The highest BCUT2D eigenvalue weighted by atomic mass is 16.2. The molecule has 142 valence electrons. The van der Waals surface area contributed by atoms with E-state index in [1.54, 1.807) is 48.5 Å². The zero-order valence-electron chi connectivity index (χ0n) is 16.2. The molecule has 4 aromatic carbocycles. The third-order valence-corrected chi connectivity index (χ3v) is 5.14. The quantitative estimate of drug-likeness (QED) is 0.415. The highest BCUT2D eigenvalue weighted by Crippen LogP contribution is 2.30. The summed E-state index contributed by atoms with van der Waals surface area (Å²) in [5, 5.41) is 2.12. The van der Waals surface area contributed by atoms with Crippen LogP contribution >= 0.6 is 0 Å². The van der Waals surface area contributed by atoms with E-state index in [0.717, 1.165) is 16.3 Å². The Morgan fingerprint density at radius 3 is 1.69 bits per heavy atom. The van der Waals surface area contributed by atoms with Gasteiger partial charge >= 0.3 is 0 Å². The van der Waals surface area contributed by atoms with Gasteiger partial charge in [0, 0.05) is 11.1 Å². The van der Waals surface area contributed by atoms with Gasteiger partial charge in [0.05, 0.1) is 6.04 Å². The highest BCUT2D eigenvalue weighted by molar-refractivity contribution is 6.10. The van der Waals surface area contributed by atoms with Gasteiger partial charge in [0.1, 0.15) is 0 Å². The number of imide groups is 1. The lowest BCUT2D eigenvalue weighted by Crippen LogP contribution is -2.39. The normalized spacial score (nSPS) is 11.8. The summed E-state index contributed by atoms with van der Waals surface area (Å²) in [4.78, 5) is 28.2. The number of nitrogens with zero attached hydrogens (tertiary/aromatic N) is 1. The summed E-state index contributed by atoms with van der Waals surface area (Å²) in [7, 11) is 0. The van der Waals surface area contributed by atoms with Gasteiger partial charge in [-0.25, -0.2) is 0 Å². The van der Waals surface area contributed by atoms with Crippen LogP contribution in [0.4, 0.5) is 0 Å². The average molecular weight is 379 g/mol. The molecule has 0 aliphatic carbocycles. The standard InChI is InChI=1S/C26H21NO2/c1-19(23-18-10-16-20-11-8-9-17-24(20)23)27(25(28)21-12-4-2-5-13-21)26(29)22-14-6-3-7-15-22/h2-19H,1H3. The van der Waals surface area contributed by atoms with Crippen LogP contribution < -0.4 is 0 Å². The second-order valence-electron chi connectivity index (χ2n) is 6.96. The lowest BCUT2D eigenvalue weighted by molar-refractivity contribution is 0.0556. The molecular weight excluding hydrogens is 358 g/mol. The number of hydrogen-bond acceptors (Lipinski definition) is 2. The first-order valence-electron chi connectivity index (χ1n) is 9.62. The second-order valence-corrected chi connectivity index (χ2v) is 6.96. The Kier molecular flexibility index (Phi) is 5.21. The molecule has 0 spiro atoms. The van der Waals surface area contributed by atoms with Crippen molar-refractivity contribution >= 4 is 22.6 Å². The molecule has 0 aliphatic rings. The van der Waals surface area contributed by atoms with Crippen molar-refractivity contribution in [1.29, 1.82) is 0 Å². The Labute approximate surface area is 170 Å². The van der Waals surface area contributed by atoms with Crippen molar-refractivity contribution in [3.05, 3.63) is 120 Å². The van der Waals surface area contributed by atoms with Gasteiger partial charge in [-0.15, -0.1) is 0 Å². The van der Waals surface area contributed by atoms with Gasteiger partial charge in [-0.05, 0) is 47.5 Å². The van der Waals surface area contributed by atoms with Crippen molar-refractivity contribution in [2.24, 2.45) is 0 Å². The van der Waals surface area contributed by atoms with Gasteiger partial charge in [0.2, 0.25) is 0 Å². The summed E-state index contributed by atoms with van der Waals surface area (Å²) in [6.07, 6.45) is 0. The van der Waals surface area contributed by atoms with E-state index < -0.39 is 6.04 Å². The van der Waals surface area contributed by atoms with E-state index in [4.69, 9.17) is 0 Å². The number of rotatable bonds is 4. The molecule has 3 heteroatoms. The molecule has 0 aromatic heterocycles. The third-order valence-electron chi connectivity index (χ3n) is 5.14. The molecule has 3 nitrogen and oxygen atoms in total. The SMILES string of the molecule is CC(c1cccc2ccccc12)N(C(=O)c1ccccc1)C(=O)c1ccccc1. The zero-order valence-corrected chi connectivity index (χ0v) is 16.2. The Morgan fingerprint density at radius 1 is 0.621 bits per heavy atom. The summed E-state index contributed by atoms with van der Waals surface area (Å²) < 4.78 is 0. The van der Waals surface area contributed by atoms with E-state index in [1.807, 2.05) is 61.5 Å². The van der Waals surface area contributed by atoms with Crippen LogP contribution in [0.3, 0.4) is 0 Å². The first-order valence-corrected chi connectivity index (χ1v) is 9.62. The van der Waals surface area contributed by atoms with E-state index in [-0.39, 0.29) is 11.8 Å². The van der Waals surface area contributed by atoms with Crippen LogP contribution in [0.5, 0.6) is 0 Å². The molecule has 2 amide bonds. The molecule has 0 radical (unpaired) electrons. The lowest BCUT2D eigenvalue weighted by Gasteiger charge is -2.29. The van der Waals surface area contributed by atoms with E-state index in [0.29, 0.717) is 11.1 Å². The molecule has 4 rings (SSSR count). The minimum absolute atomic E-state index is 0.306. The average Bonchev–Trinajstić information content (AvgIpc) is 2.79. The molecule has 1 atom stereocenters. The molecule has 1 unspecified atom stereocenters. The fraction of sp³-hybridized carbons (Fsp3) is 0.0769. The molecule has 0 bridgehead atoms. The fourth-order valence-electron chi connectivity index (χ4n) is 3.64. The van der Waals surface area contributed by atoms with Gasteiger partial charge in [0.15, 0.2) is 0 Å². The summed E-state index contributed by atoms with van der Waals surface area (Å²) in [5.41, 5.74) is 1.92. The van der Waals surface area contributed by atoms with Crippen LogP contribution in [0.2, 0.25) is 0 Å². The first kappa shape index (κ1) is 18.6. The maximum absolute atomic E-state index is 13.4. The van der Waals surface area contributed by atoms with Gasteiger partial charge < -0.3 is 0 Å². The molecule has 29 heavy (non-hydrogen) atoms. The Morgan fingerprint density at radius 2 is 1.10 bits per heavy atom. The maximum atomic E-state index is 13.4. The summed E-state index contributed by atoms with van der Waals surface area (Å²) in [6, 6.07) is 31.5. The monoisotopic (exact) mass is 379 g/mol. The van der Waals surface area contributed by atoms with Gasteiger partial charge in [0.25, 0.3) is 11.8 Å². The Bertz CT molecular complexity index is 1100. The van der Waals surface area contributed by atoms with E-state index in [9.17, 15) is 9.59 Å². The number of hydrogen-bond donors (Lipinski definition) is 0. The van der Waals surface area contributed by atoms with Crippen molar-refractivity contribution in [1.82, 2.24) is 4.90 Å². The fourth-order valence-corrected chi connectivity index (χ4v) is 3.64. The second kappa shape index (κ2) is 8.11. The van der Waals surface area contributed by atoms with Crippen molar-refractivity contribution in [2.45, 2.75) is 13.0 Å². The molecule has 0 saturated carbocycles. The summed E-state index contributed by atoms with van der Waals surface area (Å²) in [5.74, 6) is -0.611. The molecular formula is C26H21NO2. The van der Waals surface area contributed by atoms with Crippen molar-refractivity contribution in [3.63, 3.8) is 0 Å².